The van der Waals surface area contributed by atoms with Crippen LogP contribution in [-0.2, 0) is 14.3 Å². The van der Waals surface area contributed by atoms with Crippen LogP contribution in [0.15, 0.2) is 42.5 Å². The van der Waals surface area contributed by atoms with E-state index in [2.05, 4.69) is 10.6 Å². The summed E-state index contributed by atoms with van der Waals surface area (Å²) >= 11 is 0. The van der Waals surface area contributed by atoms with Crippen LogP contribution in [0, 0.1) is 0 Å². The maximum Gasteiger partial charge on any atom is 0.408 e. The lowest BCUT2D eigenvalue weighted by atomic mass is 9.83. The van der Waals surface area contributed by atoms with E-state index < -0.39 is 23.7 Å². The summed E-state index contributed by atoms with van der Waals surface area (Å²) < 4.78 is 10.3. The summed E-state index contributed by atoms with van der Waals surface area (Å²) in [4.78, 5) is 49.6. The van der Waals surface area contributed by atoms with Crippen molar-refractivity contribution in [2.75, 3.05) is 18.5 Å². The summed E-state index contributed by atoms with van der Waals surface area (Å²) in [7, 11) is 0. The van der Waals surface area contributed by atoms with Crippen molar-refractivity contribution in [2.24, 2.45) is 0 Å². The Bertz CT molecular complexity index is 1070. The van der Waals surface area contributed by atoms with E-state index in [1.54, 1.807) is 63.2 Å². The third-order valence-corrected chi connectivity index (χ3v) is 4.70. The minimum absolute atomic E-state index is 0.00155. The van der Waals surface area contributed by atoms with Gasteiger partial charge >= 0.3 is 12.1 Å². The highest BCUT2D eigenvalue weighted by Gasteiger charge is 2.31. The zero-order valence-electron chi connectivity index (χ0n) is 18.5. The number of esters is 1. The quantitative estimate of drug-likeness (QED) is 0.449. The monoisotopic (exact) mass is 438 g/mol. The van der Waals surface area contributed by atoms with Crippen LogP contribution in [0.4, 0.5) is 10.5 Å². The maximum absolute atomic E-state index is 13.0. The average molecular weight is 438 g/mol. The molecule has 1 aliphatic carbocycles. The topological polar surface area (TPSA) is 111 Å². The van der Waals surface area contributed by atoms with Gasteiger partial charge in [0.2, 0.25) is 0 Å². The van der Waals surface area contributed by atoms with Gasteiger partial charge in [-0.2, -0.15) is 0 Å². The molecule has 0 aliphatic heterocycles. The van der Waals surface area contributed by atoms with E-state index in [9.17, 15) is 19.2 Å². The predicted molar refractivity (Wildman–Crippen MR) is 118 cm³/mol. The fourth-order valence-corrected chi connectivity index (χ4v) is 3.30. The molecule has 0 fully saturated rings. The maximum atomic E-state index is 13.0. The molecule has 0 bridgehead atoms. The Hall–Kier alpha value is -3.68. The van der Waals surface area contributed by atoms with E-state index >= 15 is 0 Å². The number of carbonyl (C=O) groups is 4. The minimum atomic E-state index is -0.884. The lowest BCUT2D eigenvalue weighted by Crippen LogP contribution is -2.42. The first kappa shape index (κ1) is 23.0. The Kier molecular flexibility index (Phi) is 6.62. The van der Waals surface area contributed by atoms with Gasteiger partial charge in [0, 0.05) is 28.9 Å². The molecule has 0 spiro atoms. The Balaban J connectivity index is 1.58. The molecule has 2 N–H and O–H groups in total. The molecular weight excluding hydrogens is 412 g/mol. The van der Waals surface area contributed by atoms with E-state index in [1.165, 1.54) is 6.92 Å². The first-order valence-electron chi connectivity index (χ1n) is 10.3. The second-order valence-electron chi connectivity index (χ2n) is 8.39. The molecule has 32 heavy (non-hydrogen) atoms. The highest BCUT2D eigenvalue weighted by Crippen LogP contribution is 2.31. The molecule has 3 rings (SSSR count). The molecular formula is C24H26N2O6. The van der Waals surface area contributed by atoms with E-state index in [1.807, 2.05) is 0 Å². The number of benzene rings is 2. The van der Waals surface area contributed by atoms with Gasteiger partial charge in [-0.05, 0) is 33.8 Å². The van der Waals surface area contributed by atoms with Crippen molar-refractivity contribution in [1.29, 1.82) is 0 Å². The lowest BCUT2D eigenvalue weighted by molar-refractivity contribution is -0.145. The number of alkyl carbamates (subject to hydrolysis) is 1. The summed E-state index contributed by atoms with van der Waals surface area (Å²) in [6.07, 6.45) is -0.709. The molecule has 0 aromatic heterocycles. The van der Waals surface area contributed by atoms with Gasteiger partial charge in [0.05, 0.1) is 5.56 Å². The standard InChI is InChI=1S/C24H26N2O6/c1-14(26-23(30)32-24(2,3)4)22(29)31-13-12-25-18-11-7-10-17-19(18)21(28)16-9-6-5-8-15(16)20(17)27/h5-11,14,25H,12-13H2,1-4H3,(H,26,30)/t14-/m1/s1. The summed E-state index contributed by atoms with van der Waals surface area (Å²) in [6, 6.07) is 10.9. The number of rotatable bonds is 6. The van der Waals surface area contributed by atoms with E-state index in [0.29, 0.717) is 27.9 Å². The number of hydrogen-bond donors (Lipinski definition) is 2. The zero-order valence-corrected chi connectivity index (χ0v) is 18.5. The second kappa shape index (κ2) is 9.21. The Morgan fingerprint density at radius 3 is 2.22 bits per heavy atom. The lowest BCUT2D eigenvalue weighted by Gasteiger charge is -2.22. The van der Waals surface area contributed by atoms with Gasteiger partial charge < -0.3 is 20.1 Å². The molecule has 1 aliphatic rings. The van der Waals surface area contributed by atoms with Crippen LogP contribution in [0.3, 0.4) is 0 Å². The van der Waals surface area contributed by atoms with Crippen molar-refractivity contribution in [1.82, 2.24) is 5.32 Å². The zero-order chi connectivity index (χ0) is 23.5. The Labute approximate surface area is 186 Å². The van der Waals surface area contributed by atoms with Crippen molar-refractivity contribution in [3.05, 3.63) is 64.7 Å². The van der Waals surface area contributed by atoms with Crippen LogP contribution in [0.5, 0.6) is 0 Å². The molecule has 0 heterocycles. The predicted octanol–water partition coefficient (Wildman–Crippen LogP) is 3.33. The number of carbonyl (C=O) groups excluding carboxylic acids is 4. The Morgan fingerprint density at radius 2 is 1.56 bits per heavy atom. The summed E-state index contributed by atoms with van der Waals surface area (Å²) in [5, 5.41) is 5.48. The Morgan fingerprint density at radius 1 is 0.938 bits per heavy atom. The largest absolute Gasteiger partial charge is 0.462 e. The molecule has 0 saturated heterocycles. The molecule has 0 saturated carbocycles. The van der Waals surface area contributed by atoms with E-state index in [0.717, 1.165) is 0 Å². The molecule has 8 heteroatoms. The van der Waals surface area contributed by atoms with Crippen LogP contribution in [0.2, 0.25) is 0 Å². The number of ketones is 2. The summed E-state index contributed by atoms with van der Waals surface area (Å²) in [5.74, 6) is -1.05. The molecule has 0 radical (unpaired) electrons. The van der Waals surface area contributed by atoms with Gasteiger partial charge in [-0.25, -0.2) is 9.59 Å². The summed E-state index contributed by atoms with van der Waals surface area (Å²) in [5.41, 5.74) is 1.22. The molecule has 2 aromatic carbocycles. The van der Waals surface area contributed by atoms with Crippen molar-refractivity contribution >= 4 is 29.3 Å². The van der Waals surface area contributed by atoms with Crippen molar-refractivity contribution in [2.45, 2.75) is 39.3 Å². The molecule has 8 nitrogen and oxygen atoms in total. The van der Waals surface area contributed by atoms with Crippen LogP contribution in [0.25, 0.3) is 0 Å². The normalized spacial score (nSPS) is 13.5. The van der Waals surface area contributed by atoms with Crippen LogP contribution >= 0.6 is 0 Å². The third-order valence-electron chi connectivity index (χ3n) is 4.70. The molecule has 1 amide bonds. The highest BCUT2D eigenvalue weighted by molar-refractivity contribution is 6.30. The molecule has 0 unspecified atom stereocenters. The van der Waals surface area contributed by atoms with Crippen molar-refractivity contribution < 1.29 is 28.7 Å². The van der Waals surface area contributed by atoms with E-state index in [-0.39, 0.29) is 24.7 Å². The SMILES string of the molecule is C[C@@H](NC(=O)OC(C)(C)C)C(=O)OCCNc1cccc2c1C(=O)c1ccccc1C2=O. The first-order valence-corrected chi connectivity index (χ1v) is 10.3. The fourth-order valence-electron chi connectivity index (χ4n) is 3.30. The number of ether oxygens (including phenoxy) is 2. The average Bonchev–Trinajstić information content (AvgIpc) is 2.73. The van der Waals surface area contributed by atoms with Gasteiger partial charge in [0.25, 0.3) is 0 Å². The fraction of sp³-hybridized carbons (Fsp3) is 0.333. The number of hydrogen-bond acceptors (Lipinski definition) is 7. The summed E-state index contributed by atoms with van der Waals surface area (Å²) in [6.45, 7) is 6.88. The molecule has 2 aromatic rings. The van der Waals surface area contributed by atoms with Crippen molar-refractivity contribution in [3.8, 4) is 0 Å². The van der Waals surface area contributed by atoms with Crippen molar-refractivity contribution in [3.63, 3.8) is 0 Å². The van der Waals surface area contributed by atoms with E-state index in [4.69, 9.17) is 9.47 Å². The van der Waals surface area contributed by atoms with Crippen LogP contribution in [-0.4, -0.2) is 48.4 Å². The molecule has 1 atom stereocenters. The number of amides is 1. The third kappa shape index (κ3) is 5.14. The van der Waals surface area contributed by atoms with Crippen LogP contribution < -0.4 is 10.6 Å². The van der Waals surface area contributed by atoms with Gasteiger partial charge in [0.15, 0.2) is 11.6 Å². The first-order chi connectivity index (χ1) is 15.1. The van der Waals surface area contributed by atoms with Gasteiger partial charge in [-0.3, -0.25) is 9.59 Å². The smallest absolute Gasteiger partial charge is 0.408 e. The highest BCUT2D eigenvalue weighted by atomic mass is 16.6. The number of anilines is 1. The minimum Gasteiger partial charge on any atom is -0.462 e. The van der Waals surface area contributed by atoms with Gasteiger partial charge in [-0.1, -0.05) is 36.4 Å². The number of fused-ring (bicyclic) bond motifs is 2. The van der Waals surface area contributed by atoms with Crippen LogP contribution in [0.1, 0.15) is 59.5 Å². The number of nitrogens with one attached hydrogen (secondary N) is 2. The second-order valence-corrected chi connectivity index (χ2v) is 8.39. The van der Waals surface area contributed by atoms with Gasteiger partial charge in [-0.15, -0.1) is 0 Å². The molecule has 168 valence electrons. The van der Waals surface area contributed by atoms with Gasteiger partial charge in [0.1, 0.15) is 18.2 Å².